The van der Waals surface area contributed by atoms with Gasteiger partial charge < -0.3 is 5.32 Å². The molecule has 0 bridgehead atoms. The number of benzene rings is 1. The van der Waals surface area contributed by atoms with Gasteiger partial charge in [0.25, 0.3) is 0 Å². The fourth-order valence-electron chi connectivity index (χ4n) is 2.06. The molecule has 0 radical (unpaired) electrons. The van der Waals surface area contributed by atoms with E-state index in [4.69, 9.17) is 23.2 Å². The Balaban J connectivity index is 1.77. The van der Waals surface area contributed by atoms with Crippen molar-refractivity contribution in [3.8, 4) is 0 Å². The second-order valence-electron chi connectivity index (χ2n) is 4.78. The zero-order chi connectivity index (χ0) is 14.8. The Morgan fingerprint density at radius 2 is 2.05 bits per heavy atom. The highest BCUT2D eigenvalue weighted by Crippen LogP contribution is 2.23. The van der Waals surface area contributed by atoms with E-state index in [0.29, 0.717) is 16.6 Å². The van der Waals surface area contributed by atoms with E-state index in [1.54, 1.807) is 6.07 Å². The molecule has 1 aromatic heterocycles. The van der Waals surface area contributed by atoms with Crippen LogP contribution in [-0.2, 0) is 6.54 Å². The Labute approximate surface area is 133 Å². The van der Waals surface area contributed by atoms with Crippen LogP contribution in [0.4, 0.5) is 0 Å². The molecule has 0 spiro atoms. The first-order valence-corrected chi connectivity index (χ1v) is 7.18. The molecule has 3 rings (SSSR count). The van der Waals surface area contributed by atoms with Crippen molar-refractivity contribution < 1.29 is 0 Å². The molecule has 0 amide bonds. The van der Waals surface area contributed by atoms with Crippen LogP contribution in [0, 0.1) is 0 Å². The van der Waals surface area contributed by atoms with Crippen molar-refractivity contribution in [3.05, 3.63) is 82.4 Å². The molecule has 0 aliphatic carbocycles. The molecule has 2 heterocycles. The largest absolute Gasteiger partial charge is 0.362 e. The molecule has 0 saturated heterocycles. The van der Waals surface area contributed by atoms with E-state index in [-0.39, 0.29) is 0 Å². The standard InChI is InChI=1S/C16H13Cl2N3/c1-11-2-4-13(7-19-11)14-8-20-21(10-14)9-12-3-5-15(17)16(18)6-12/h2-8,10,19H,1,9H2. The molecule has 1 N–H and O–H groups in total. The van der Waals surface area contributed by atoms with Crippen LogP contribution >= 0.6 is 23.2 Å². The van der Waals surface area contributed by atoms with E-state index < -0.39 is 0 Å². The van der Waals surface area contributed by atoms with Gasteiger partial charge in [-0.25, -0.2) is 0 Å². The van der Waals surface area contributed by atoms with Gasteiger partial charge in [-0.05, 0) is 23.8 Å². The minimum absolute atomic E-state index is 0.558. The fraction of sp³-hybridized carbons (Fsp3) is 0.0625. The van der Waals surface area contributed by atoms with E-state index in [1.165, 1.54) is 0 Å². The van der Waals surface area contributed by atoms with Gasteiger partial charge in [0.1, 0.15) is 0 Å². The first-order chi connectivity index (χ1) is 10.1. The van der Waals surface area contributed by atoms with Crippen molar-refractivity contribution in [1.29, 1.82) is 0 Å². The van der Waals surface area contributed by atoms with Crippen LogP contribution in [0.3, 0.4) is 0 Å². The van der Waals surface area contributed by atoms with E-state index in [1.807, 2.05) is 47.6 Å². The third-order valence-electron chi connectivity index (χ3n) is 3.17. The highest BCUT2D eigenvalue weighted by molar-refractivity contribution is 6.42. The SMILES string of the molecule is C=C1C=CC(c2cnn(Cc3ccc(Cl)c(Cl)c3)c2)=CN1. The van der Waals surface area contributed by atoms with Crippen LogP contribution in [0.15, 0.2) is 61.2 Å². The van der Waals surface area contributed by atoms with Crippen molar-refractivity contribution in [1.82, 2.24) is 15.1 Å². The molecule has 2 aromatic rings. The van der Waals surface area contributed by atoms with Gasteiger partial charge in [0.2, 0.25) is 0 Å². The number of hydrogen-bond donors (Lipinski definition) is 1. The molecule has 1 aliphatic rings. The maximum absolute atomic E-state index is 6.02. The molecule has 21 heavy (non-hydrogen) atoms. The number of rotatable bonds is 3. The summed E-state index contributed by atoms with van der Waals surface area (Å²) in [5.41, 5.74) is 4.05. The van der Waals surface area contributed by atoms with Crippen LogP contribution in [0.2, 0.25) is 10.0 Å². The topological polar surface area (TPSA) is 29.9 Å². The van der Waals surface area contributed by atoms with Gasteiger partial charge in [-0.3, -0.25) is 4.68 Å². The maximum atomic E-state index is 6.02. The Hall–Kier alpha value is -1.97. The number of nitrogens with one attached hydrogen (secondary N) is 1. The zero-order valence-corrected chi connectivity index (χ0v) is 12.7. The van der Waals surface area contributed by atoms with Crippen molar-refractivity contribution >= 4 is 28.8 Å². The monoisotopic (exact) mass is 317 g/mol. The quantitative estimate of drug-likeness (QED) is 0.917. The van der Waals surface area contributed by atoms with E-state index in [2.05, 4.69) is 17.0 Å². The van der Waals surface area contributed by atoms with E-state index in [0.717, 1.165) is 22.4 Å². The van der Waals surface area contributed by atoms with Gasteiger partial charge in [-0.1, -0.05) is 41.9 Å². The average molecular weight is 318 g/mol. The lowest BCUT2D eigenvalue weighted by Crippen LogP contribution is -2.05. The van der Waals surface area contributed by atoms with Crippen LogP contribution in [0.1, 0.15) is 11.1 Å². The number of dihydropyridines is 1. The summed E-state index contributed by atoms with van der Waals surface area (Å²) in [5.74, 6) is 0. The molecular weight excluding hydrogens is 305 g/mol. The minimum Gasteiger partial charge on any atom is -0.362 e. The maximum Gasteiger partial charge on any atom is 0.0660 e. The Morgan fingerprint density at radius 3 is 2.76 bits per heavy atom. The predicted octanol–water partition coefficient (Wildman–Crippen LogP) is 4.25. The van der Waals surface area contributed by atoms with Crippen LogP contribution in [0.5, 0.6) is 0 Å². The molecule has 0 fully saturated rings. The predicted molar refractivity (Wildman–Crippen MR) is 87.2 cm³/mol. The lowest BCUT2D eigenvalue weighted by atomic mass is 10.1. The van der Waals surface area contributed by atoms with Crippen LogP contribution < -0.4 is 5.32 Å². The van der Waals surface area contributed by atoms with E-state index >= 15 is 0 Å². The molecule has 5 heteroatoms. The molecule has 1 aromatic carbocycles. The summed E-state index contributed by atoms with van der Waals surface area (Å²) in [6, 6.07) is 5.60. The van der Waals surface area contributed by atoms with Gasteiger partial charge in [-0.2, -0.15) is 5.10 Å². The Kier molecular flexibility index (Phi) is 3.86. The number of hydrogen-bond acceptors (Lipinski definition) is 2. The zero-order valence-electron chi connectivity index (χ0n) is 11.2. The molecule has 3 nitrogen and oxygen atoms in total. The fourth-order valence-corrected chi connectivity index (χ4v) is 2.38. The van der Waals surface area contributed by atoms with Crippen LogP contribution in [-0.4, -0.2) is 9.78 Å². The number of allylic oxidation sites excluding steroid dienone is 3. The molecule has 1 aliphatic heterocycles. The second kappa shape index (κ2) is 5.80. The first-order valence-electron chi connectivity index (χ1n) is 6.42. The number of nitrogens with zero attached hydrogens (tertiary/aromatic N) is 2. The van der Waals surface area contributed by atoms with Crippen molar-refractivity contribution in [2.24, 2.45) is 0 Å². The second-order valence-corrected chi connectivity index (χ2v) is 5.59. The summed E-state index contributed by atoms with van der Waals surface area (Å²) in [7, 11) is 0. The highest BCUT2D eigenvalue weighted by atomic mass is 35.5. The molecular formula is C16H13Cl2N3. The average Bonchev–Trinajstić information content (AvgIpc) is 2.92. The Bertz CT molecular complexity index is 757. The minimum atomic E-state index is 0.558. The summed E-state index contributed by atoms with van der Waals surface area (Å²) in [6.45, 7) is 4.48. The Morgan fingerprint density at radius 1 is 1.19 bits per heavy atom. The van der Waals surface area contributed by atoms with Gasteiger partial charge in [0, 0.05) is 29.2 Å². The molecule has 0 saturated carbocycles. The van der Waals surface area contributed by atoms with Crippen LogP contribution in [0.25, 0.3) is 5.57 Å². The van der Waals surface area contributed by atoms with E-state index in [9.17, 15) is 0 Å². The molecule has 0 unspecified atom stereocenters. The van der Waals surface area contributed by atoms with Gasteiger partial charge in [-0.15, -0.1) is 0 Å². The number of aromatic nitrogens is 2. The summed E-state index contributed by atoms with van der Waals surface area (Å²) in [5, 5.41) is 8.58. The summed E-state index contributed by atoms with van der Waals surface area (Å²) in [4.78, 5) is 0. The number of halogens is 2. The van der Waals surface area contributed by atoms with Crippen molar-refractivity contribution in [3.63, 3.8) is 0 Å². The first kappa shape index (κ1) is 14.0. The molecule has 0 atom stereocenters. The summed E-state index contributed by atoms with van der Waals surface area (Å²) in [6.07, 6.45) is 9.70. The molecule has 106 valence electrons. The summed E-state index contributed by atoms with van der Waals surface area (Å²) < 4.78 is 1.87. The van der Waals surface area contributed by atoms with Crippen molar-refractivity contribution in [2.45, 2.75) is 6.54 Å². The normalized spacial score (nSPS) is 14.0. The summed E-state index contributed by atoms with van der Waals surface area (Å²) >= 11 is 11.9. The van der Waals surface area contributed by atoms with Gasteiger partial charge in [0.05, 0.1) is 22.8 Å². The van der Waals surface area contributed by atoms with Gasteiger partial charge in [0.15, 0.2) is 0 Å². The smallest absolute Gasteiger partial charge is 0.0660 e. The lowest BCUT2D eigenvalue weighted by Gasteiger charge is -2.08. The van der Waals surface area contributed by atoms with Crippen molar-refractivity contribution in [2.75, 3.05) is 0 Å². The third kappa shape index (κ3) is 3.20. The highest BCUT2D eigenvalue weighted by Gasteiger charge is 2.06. The lowest BCUT2D eigenvalue weighted by molar-refractivity contribution is 0.687. The third-order valence-corrected chi connectivity index (χ3v) is 3.91. The van der Waals surface area contributed by atoms with Gasteiger partial charge >= 0.3 is 0 Å².